The second-order valence-electron chi connectivity index (χ2n) is 4.52. The summed E-state index contributed by atoms with van der Waals surface area (Å²) in [7, 11) is 0. The van der Waals surface area contributed by atoms with Gasteiger partial charge in [0.1, 0.15) is 0 Å². The van der Waals surface area contributed by atoms with Crippen LogP contribution in [0.1, 0.15) is 23.2 Å². The molecule has 1 heterocycles. The molecule has 0 saturated carbocycles. The van der Waals surface area contributed by atoms with E-state index >= 15 is 0 Å². The van der Waals surface area contributed by atoms with Crippen molar-refractivity contribution in [3.8, 4) is 0 Å². The largest absolute Gasteiger partial charge is 0.398 e. The van der Waals surface area contributed by atoms with Crippen LogP contribution in [-0.2, 0) is 4.74 Å². The van der Waals surface area contributed by atoms with E-state index in [1.54, 1.807) is 12.1 Å². The average molecular weight is 350 g/mol. The van der Waals surface area contributed by atoms with Gasteiger partial charge in [0.05, 0.1) is 12.2 Å². The van der Waals surface area contributed by atoms with Gasteiger partial charge in [-0.2, -0.15) is 0 Å². The fourth-order valence-corrected chi connectivity index (χ4v) is 2.42. The molecule has 1 amide bonds. The van der Waals surface area contributed by atoms with Crippen LogP contribution in [0.15, 0.2) is 22.7 Å². The Hall–Kier alpha value is -0.780. The van der Waals surface area contributed by atoms with E-state index in [-0.39, 0.29) is 18.3 Å². The number of carbonyl (C=O) groups is 1. The molecular weight excluding hydrogens is 332 g/mol. The number of nitrogens with one attached hydrogen (secondary N) is 1. The molecule has 3 N–H and O–H groups in total. The number of amides is 1. The van der Waals surface area contributed by atoms with E-state index in [0.29, 0.717) is 23.7 Å². The topological polar surface area (TPSA) is 64.4 Å². The van der Waals surface area contributed by atoms with Crippen LogP contribution in [0.25, 0.3) is 0 Å². The Labute approximate surface area is 127 Å². The standard InChI is InChI=1S/C13H17BrN2O2.ClH/c14-10-3-4-11(12(15)6-10)13(17)16-7-9-2-1-5-18-8-9;/h3-4,6,9H,1-2,5,7-8,15H2,(H,16,17);1H. The van der Waals surface area contributed by atoms with E-state index in [0.717, 1.165) is 30.5 Å². The summed E-state index contributed by atoms with van der Waals surface area (Å²) in [5.41, 5.74) is 6.83. The number of anilines is 1. The van der Waals surface area contributed by atoms with Gasteiger partial charge in [0, 0.05) is 23.3 Å². The summed E-state index contributed by atoms with van der Waals surface area (Å²) in [4.78, 5) is 12.0. The summed E-state index contributed by atoms with van der Waals surface area (Å²) in [5, 5.41) is 2.91. The summed E-state index contributed by atoms with van der Waals surface area (Å²) in [5.74, 6) is 0.296. The maximum Gasteiger partial charge on any atom is 0.253 e. The highest BCUT2D eigenvalue weighted by molar-refractivity contribution is 9.10. The summed E-state index contributed by atoms with van der Waals surface area (Å²) in [6, 6.07) is 5.28. The molecule has 106 valence electrons. The molecule has 0 bridgehead atoms. The minimum absolute atomic E-state index is 0. The molecule has 1 fully saturated rings. The molecule has 4 nitrogen and oxygen atoms in total. The van der Waals surface area contributed by atoms with Gasteiger partial charge in [0.25, 0.3) is 5.91 Å². The number of halogens is 2. The van der Waals surface area contributed by atoms with Crippen LogP contribution in [0.3, 0.4) is 0 Å². The maximum atomic E-state index is 12.0. The SMILES string of the molecule is Cl.Nc1cc(Br)ccc1C(=O)NCC1CCCOC1. The number of ether oxygens (including phenoxy) is 1. The van der Waals surface area contributed by atoms with Crippen LogP contribution in [-0.4, -0.2) is 25.7 Å². The Balaban J connectivity index is 0.00000180. The van der Waals surface area contributed by atoms with Crippen LogP contribution >= 0.6 is 28.3 Å². The normalized spacial score (nSPS) is 18.5. The Morgan fingerprint density at radius 2 is 2.32 bits per heavy atom. The molecule has 0 aromatic heterocycles. The zero-order valence-electron chi connectivity index (χ0n) is 10.5. The molecule has 2 rings (SSSR count). The third kappa shape index (κ3) is 4.67. The number of nitrogens with two attached hydrogens (primary N) is 1. The first-order valence-electron chi connectivity index (χ1n) is 6.08. The van der Waals surface area contributed by atoms with Gasteiger partial charge in [-0.25, -0.2) is 0 Å². The van der Waals surface area contributed by atoms with Gasteiger partial charge in [-0.15, -0.1) is 12.4 Å². The minimum Gasteiger partial charge on any atom is -0.398 e. The summed E-state index contributed by atoms with van der Waals surface area (Å²) in [6.07, 6.45) is 2.18. The Kier molecular flexibility index (Phi) is 6.62. The first-order chi connectivity index (χ1) is 8.66. The van der Waals surface area contributed by atoms with Crippen molar-refractivity contribution in [1.29, 1.82) is 0 Å². The number of carbonyl (C=O) groups excluding carboxylic acids is 1. The zero-order chi connectivity index (χ0) is 13.0. The quantitative estimate of drug-likeness (QED) is 0.825. The van der Waals surface area contributed by atoms with Gasteiger partial charge in [0.2, 0.25) is 0 Å². The second kappa shape index (κ2) is 7.72. The van der Waals surface area contributed by atoms with Crippen molar-refractivity contribution in [3.05, 3.63) is 28.2 Å². The molecule has 19 heavy (non-hydrogen) atoms. The van der Waals surface area contributed by atoms with Crippen molar-refractivity contribution in [1.82, 2.24) is 5.32 Å². The fourth-order valence-electron chi connectivity index (χ4n) is 2.04. The van der Waals surface area contributed by atoms with Crippen LogP contribution in [0.2, 0.25) is 0 Å². The number of nitrogen functional groups attached to an aromatic ring is 1. The van der Waals surface area contributed by atoms with Gasteiger partial charge in [-0.3, -0.25) is 4.79 Å². The van der Waals surface area contributed by atoms with Crippen molar-refractivity contribution < 1.29 is 9.53 Å². The molecule has 1 saturated heterocycles. The van der Waals surface area contributed by atoms with Crippen LogP contribution in [0, 0.1) is 5.92 Å². The monoisotopic (exact) mass is 348 g/mol. The van der Waals surface area contributed by atoms with Crippen molar-refractivity contribution in [2.45, 2.75) is 12.8 Å². The molecule has 0 spiro atoms. The highest BCUT2D eigenvalue weighted by Crippen LogP contribution is 2.19. The lowest BCUT2D eigenvalue weighted by Gasteiger charge is -2.22. The van der Waals surface area contributed by atoms with Crippen molar-refractivity contribution in [3.63, 3.8) is 0 Å². The van der Waals surface area contributed by atoms with E-state index in [2.05, 4.69) is 21.2 Å². The number of rotatable bonds is 3. The van der Waals surface area contributed by atoms with Crippen LogP contribution < -0.4 is 11.1 Å². The molecule has 0 radical (unpaired) electrons. The smallest absolute Gasteiger partial charge is 0.253 e. The number of hydrogen-bond donors (Lipinski definition) is 2. The lowest BCUT2D eigenvalue weighted by molar-refractivity contribution is 0.0536. The number of benzene rings is 1. The third-order valence-corrected chi connectivity index (χ3v) is 3.56. The van der Waals surface area contributed by atoms with Gasteiger partial charge in [-0.1, -0.05) is 15.9 Å². The van der Waals surface area contributed by atoms with Gasteiger partial charge in [0.15, 0.2) is 0 Å². The molecule has 1 aromatic rings. The van der Waals surface area contributed by atoms with Gasteiger partial charge in [-0.05, 0) is 37.0 Å². The summed E-state index contributed by atoms with van der Waals surface area (Å²) >= 11 is 3.32. The molecule has 1 atom stereocenters. The molecule has 1 aliphatic rings. The second-order valence-corrected chi connectivity index (χ2v) is 5.44. The van der Waals surface area contributed by atoms with Crippen molar-refractivity contribution >= 4 is 39.9 Å². The van der Waals surface area contributed by atoms with Gasteiger partial charge >= 0.3 is 0 Å². The first kappa shape index (κ1) is 16.3. The van der Waals surface area contributed by atoms with E-state index in [9.17, 15) is 4.79 Å². The van der Waals surface area contributed by atoms with Crippen LogP contribution in [0.4, 0.5) is 5.69 Å². The van der Waals surface area contributed by atoms with E-state index < -0.39 is 0 Å². The maximum absolute atomic E-state index is 12.0. The minimum atomic E-state index is -0.120. The molecule has 1 aliphatic heterocycles. The van der Waals surface area contributed by atoms with E-state index in [1.807, 2.05) is 6.07 Å². The lowest BCUT2D eigenvalue weighted by atomic mass is 10.0. The molecule has 6 heteroatoms. The Bertz CT molecular complexity index is 437. The average Bonchev–Trinajstić information content (AvgIpc) is 2.37. The predicted molar refractivity (Wildman–Crippen MR) is 81.7 cm³/mol. The first-order valence-corrected chi connectivity index (χ1v) is 6.87. The van der Waals surface area contributed by atoms with Crippen molar-refractivity contribution in [2.24, 2.45) is 5.92 Å². The number of hydrogen-bond acceptors (Lipinski definition) is 3. The predicted octanol–water partition coefficient (Wildman–Crippen LogP) is 2.61. The summed E-state index contributed by atoms with van der Waals surface area (Å²) < 4.78 is 6.25. The molecular formula is C13H18BrClN2O2. The van der Waals surface area contributed by atoms with E-state index in [1.165, 1.54) is 0 Å². The van der Waals surface area contributed by atoms with Gasteiger partial charge < -0.3 is 15.8 Å². The molecule has 1 unspecified atom stereocenters. The Morgan fingerprint density at radius 1 is 1.53 bits per heavy atom. The fraction of sp³-hybridized carbons (Fsp3) is 0.462. The third-order valence-electron chi connectivity index (χ3n) is 3.06. The zero-order valence-corrected chi connectivity index (χ0v) is 12.9. The van der Waals surface area contributed by atoms with Crippen LogP contribution in [0.5, 0.6) is 0 Å². The highest BCUT2D eigenvalue weighted by atomic mass is 79.9. The molecule has 1 aromatic carbocycles. The lowest BCUT2D eigenvalue weighted by Crippen LogP contribution is -2.33. The Morgan fingerprint density at radius 3 is 2.95 bits per heavy atom. The summed E-state index contributed by atoms with van der Waals surface area (Å²) in [6.45, 7) is 2.22. The van der Waals surface area contributed by atoms with E-state index in [4.69, 9.17) is 10.5 Å². The van der Waals surface area contributed by atoms with Crippen molar-refractivity contribution in [2.75, 3.05) is 25.5 Å². The highest BCUT2D eigenvalue weighted by Gasteiger charge is 2.16. The molecule has 0 aliphatic carbocycles.